The molecule has 0 spiro atoms. The molecule has 0 unspecified atom stereocenters. The van der Waals surface area contributed by atoms with Crippen LogP contribution in [-0.2, 0) is 4.79 Å². The minimum absolute atomic E-state index is 0.0604. The summed E-state index contributed by atoms with van der Waals surface area (Å²) in [5.74, 6) is 0.375. The molecular weight excluding hydrogens is 426 g/mol. The number of ether oxygens (including phenoxy) is 1. The molecule has 1 aliphatic heterocycles. The third kappa shape index (κ3) is 5.90. The Morgan fingerprint density at radius 1 is 1.35 bits per heavy atom. The van der Waals surface area contributed by atoms with Crippen LogP contribution in [0.2, 0.25) is 0 Å². The molecule has 2 rings (SSSR count). The number of likely N-dealkylation sites (tertiary alicyclic amines) is 1. The summed E-state index contributed by atoms with van der Waals surface area (Å²) in [6.07, 6.45) is 1.80. The lowest BCUT2D eigenvalue weighted by Crippen LogP contribution is -2.39. The first-order valence-corrected chi connectivity index (χ1v) is 9.20. The van der Waals surface area contributed by atoms with Crippen molar-refractivity contribution in [2.45, 2.75) is 32.7 Å². The maximum Gasteiger partial charge on any atom is 0.277 e. The fraction of sp³-hybridized carbons (Fsp3) is 0.500. The lowest BCUT2D eigenvalue weighted by molar-refractivity contribution is -0.123. The van der Waals surface area contributed by atoms with Gasteiger partial charge in [-0.2, -0.15) is 5.10 Å². The van der Waals surface area contributed by atoms with Crippen molar-refractivity contribution in [3.63, 3.8) is 0 Å². The van der Waals surface area contributed by atoms with E-state index in [-0.39, 0.29) is 12.5 Å². The van der Waals surface area contributed by atoms with Crippen LogP contribution in [0.25, 0.3) is 0 Å². The molecule has 1 N–H and O–H groups in total. The molecule has 0 aliphatic carbocycles. The summed E-state index contributed by atoms with van der Waals surface area (Å²) in [7, 11) is 0. The van der Waals surface area contributed by atoms with Crippen LogP contribution in [-0.4, -0.2) is 42.3 Å². The van der Waals surface area contributed by atoms with Crippen LogP contribution < -0.4 is 10.2 Å². The van der Waals surface area contributed by atoms with Crippen molar-refractivity contribution >= 4 is 43.5 Å². The molecule has 0 aromatic heterocycles. The van der Waals surface area contributed by atoms with Gasteiger partial charge in [0.05, 0.1) is 4.47 Å². The third-order valence-corrected chi connectivity index (χ3v) is 4.81. The van der Waals surface area contributed by atoms with Gasteiger partial charge >= 0.3 is 0 Å². The highest BCUT2D eigenvalue weighted by molar-refractivity contribution is 9.11. The fourth-order valence-corrected chi connectivity index (χ4v) is 3.48. The molecule has 1 heterocycles. The highest BCUT2D eigenvalue weighted by Crippen LogP contribution is 2.28. The van der Waals surface area contributed by atoms with Gasteiger partial charge in [-0.1, -0.05) is 15.9 Å². The number of hydrogen-bond acceptors (Lipinski definition) is 4. The molecule has 1 aromatic rings. The first-order valence-electron chi connectivity index (χ1n) is 7.62. The Morgan fingerprint density at radius 3 is 2.65 bits per heavy atom. The van der Waals surface area contributed by atoms with Gasteiger partial charge in [0.25, 0.3) is 5.91 Å². The summed E-state index contributed by atoms with van der Waals surface area (Å²) in [6.45, 7) is 6.32. The number of halogens is 2. The first kappa shape index (κ1) is 18.4. The van der Waals surface area contributed by atoms with Crippen molar-refractivity contribution in [2.24, 2.45) is 5.10 Å². The quantitative estimate of drug-likeness (QED) is 0.703. The predicted molar refractivity (Wildman–Crippen MR) is 98.9 cm³/mol. The molecule has 1 aromatic carbocycles. The van der Waals surface area contributed by atoms with Crippen LogP contribution in [0.3, 0.4) is 0 Å². The fourth-order valence-electron chi connectivity index (χ4n) is 2.32. The van der Waals surface area contributed by atoms with E-state index in [1.807, 2.05) is 12.1 Å². The molecule has 1 aliphatic rings. The smallest absolute Gasteiger partial charge is 0.277 e. The zero-order valence-electron chi connectivity index (χ0n) is 13.3. The van der Waals surface area contributed by atoms with Gasteiger partial charge in [-0.3, -0.25) is 4.79 Å². The Labute approximate surface area is 153 Å². The van der Waals surface area contributed by atoms with E-state index in [4.69, 9.17) is 4.74 Å². The molecule has 1 amide bonds. The van der Waals surface area contributed by atoms with Crippen LogP contribution in [0.1, 0.15) is 26.7 Å². The molecule has 0 atom stereocenters. The summed E-state index contributed by atoms with van der Waals surface area (Å²) in [5, 5.41) is 4.22. The van der Waals surface area contributed by atoms with Crippen molar-refractivity contribution in [1.82, 2.24) is 10.3 Å². The van der Waals surface area contributed by atoms with Crippen LogP contribution in [0.4, 0.5) is 0 Å². The second kappa shape index (κ2) is 8.80. The first-order chi connectivity index (χ1) is 11.0. The number of amides is 1. The second-order valence-corrected chi connectivity index (χ2v) is 7.48. The normalized spacial score (nSPS) is 15.6. The van der Waals surface area contributed by atoms with Crippen molar-refractivity contribution in [3.05, 3.63) is 27.1 Å². The maximum absolute atomic E-state index is 11.8. The van der Waals surface area contributed by atoms with Gasteiger partial charge < -0.3 is 9.64 Å². The molecule has 0 radical (unpaired) electrons. The number of benzene rings is 1. The standard InChI is InChI=1S/C16H21Br2N3O2/c1-11(2)21-7-5-13(6-8-21)19-20-16(22)10-23-15-4-3-12(17)9-14(15)18/h3-4,9,11H,5-8,10H2,1-2H3,(H,20,22). The SMILES string of the molecule is CC(C)N1CCC(=NNC(=O)COc2ccc(Br)cc2Br)CC1. The van der Waals surface area contributed by atoms with E-state index in [1.165, 1.54) is 0 Å². The summed E-state index contributed by atoms with van der Waals surface area (Å²) in [6, 6.07) is 6.09. The van der Waals surface area contributed by atoms with Crippen molar-refractivity contribution in [3.8, 4) is 5.75 Å². The second-order valence-electron chi connectivity index (χ2n) is 5.71. The van der Waals surface area contributed by atoms with Gasteiger partial charge in [0, 0.05) is 42.2 Å². The Balaban J connectivity index is 1.76. The van der Waals surface area contributed by atoms with E-state index in [0.717, 1.165) is 40.6 Å². The topological polar surface area (TPSA) is 53.9 Å². The van der Waals surface area contributed by atoms with Crippen molar-refractivity contribution in [2.75, 3.05) is 19.7 Å². The Bertz CT molecular complexity index is 581. The number of hydrogen-bond donors (Lipinski definition) is 1. The average molecular weight is 447 g/mol. The third-order valence-electron chi connectivity index (χ3n) is 3.70. The Hall–Kier alpha value is -0.920. The Morgan fingerprint density at radius 2 is 2.04 bits per heavy atom. The lowest BCUT2D eigenvalue weighted by atomic mass is 10.1. The van der Waals surface area contributed by atoms with Crippen LogP contribution in [0, 0.1) is 0 Å². The molecule has 1 saturated heterocycles. The number of carbonyl (C=O) groups is 1. The number of carbonyl (C=O) groups excluding carboxylic acids is 1. The highest BCUT2D eigenvalue weighted by Gasteiger charge is 2.17. The van der Waals surface area contributed by atoms with Gasteiger partial charge in [0.1, 0.15) is 5.75 Å². The molecular formula is C16H21Br2N3O2. The van der Waals surface area contributed by atoms with Gasteiger partial charge in [-0.05, 0) is 48.0 Å². The van der Waals surface area contributed by atoms with Gasteiger partial charge in [-0.15, -0.1) is 0 Å². The molecule has 0 saturated carbocycles. The molecule has 126 valence electrons. The van der Waals surface area contributed by atoms with E-state index < -0.39 is 0 Å². The molecule has 23 heavy (non-hydrogen) atoms. The van der Waals surface area contributed by atoms with E-state index in [0.29, 0.717) is 11.8 Å². The highest BCUT2D eigenvalue weighted by atomic mass is 79.9. The van der Waals surface area contributed by atoms with Crippen molar-refractivity contribution in [1.29, 1.82) is 0 Å². The van der Waals surface area contributed by atoms with E-state index >= 15 is 0 Å². The van der Waals surface area contributed by atoms with Gasteiger partial charge in [0.15, 0.2) is 6.61 Å². The van der Waals surface area contributed by atoms with E-state index in [1.54, 1.807) is 6.07 Å². The molecule has 1 fully saturated rings. The summed E-state index contributed by atoms with van der Waals surface area (Å²) >= 11 is 6.77. The largest absolute Gasteiger partial charge is 0.483 e. The van der Waals surface area contributed by atoms with E-state index in [2.05, 4.69) is 61.1 Å². The number of hydrazone groups is 1. The summed E-state index contributed by atoms with van der Waals surface area (Å²) in [4.78, 5) is 14.2. The summed E-state index contributed by atoms with van der Waals surface area (Å²) < 4.78 is 7.23. The minimum Gasteiger partial charge on any atom is -0.483 e. The number of rotatable bonds is 5. The lowest BCUT2D eigenvalue weighted by Gasteiger charge is -2.30. The number of nitrogens with one attached hydrogen (secondary N) is 1. The molecule has 0 bridgehead atoms. The molecule has 5 nitrogen and oxygen atoms in total. The number of piperidine rings is 1. The van der Waals surface area contributed by atoms with Crippen LogP contribution in [0.15, 0.2) is 32.2 Å². The predicted octanol–water partition coefficient (Wildman–Crippen LogP) is 3.57. The minimum atomic E-state index is -0.251. The maximum atomic E-state index is 11.8. The monoisotopic (exact) mass is 445 g/mol. The van der Waals surface area contributed by atoms with Crippen LogP contribution >= 0.6 is 31.9 Å². The van der Waals surface area contributed by atoms with Gasteiger partial charge in [0.2, 0.25) is 0 Å². The zero-order chi connectivity index (χ0) is 16.8. The van der Waals surface area contributed by atoms with Crippen molar-refractivity contribution < 1.29 is 9.53 Å². The van der Waals surface area contributed by atoms with Crippen LogP contribution in [0.5, 0.6) is 5.75 Å². The zero-order valence-corrected chi connectivity index (χ0v) is 16.5. The Kier molecular flexibility index (Phi) is 7.05. The van der Waals surface area contributed by atoms with Gasteiger partial charge in [-0.25, -0.2) is 5.43 Å². The number of nitrogens with zero attached hydrogens (tertiary/aromatic N) is 2. The summed E-state index contributed by atoms with van der Waals surface area (Å²) in [5.41, 5.74) is 3.62. The molecule has 7 heteroatoms. The van der Waals surface area contributed by atoms with E-state index in [9.17, 15) is 4.79 Å². The average Bonchev–Trinajstić information content (AvgIpc) is 2.52.